The third-order valence-electron chi connectivity index (χ3n) is 2.08. The first kappa shape index (κ1) is 15.9. The number of rotatable bonds is 2. The van der Waals surface area contributed by atoms with Gasteiger partial charge in [0.25, 0.3) is 0 Å². The molecule has 3 nitrogen and oxygen atoms in total. The number of likely N-dealkylation sites (N-methyl/N-ethyl adjacent to an activating group) is 1. The third kappa shape index (κ3) is 6.52. The average molecular weight is 231 g/mol. The van der Waals surface area contributed by atoms with Crippen molar-refractivity contribution in [1.82, 2.24) is 10.2 Å². The molecule has 5 heteroatoms. The van der Waals surface area contributed by atoms with Crippen LogP contribution in [0.1, 0.15) is 0 Å². The molecule has 0 aromatic rings. The quantitative estimate of drug-likeness (QED) is 0.754. The summed E-state index contributed by atoms with van der Waals surface area (Å²) in [6.07, 6.45) is 0. The second-order valence-corrected chi connectivity index (χ2v) is 3.29. The minimum Gasteiger partial charge on any atom is -0.384 e. The number of ether oxygens (including phenoxy) is 1. The van der Waals surface area contributed by atoms with E-state index in [0.717, 1.165) is 32.8 Å². The van der Waals surface area contributed by atoms with Crippen LogP contribution in [-0.4, -0.2) is 51.8 Å². The predicted molar refractivity (Wildman–Crippen MR) is 60.2 cm³/mol. The van der Waals surface area contributed by atoms with Gasteiger partial charge in [0.05, 0.1) is 6.61 Å². The second-order valence-electron chi connectivity index (χ2n) is 3.29. The van der Waals surface area contributed by atoms with Gasteiger partial charge >= 0.3 is 0 Å². The van der Waals surface area contributed by atoms with Crippen LogP contribution in [0.4, 0.5) is 0 Å². The fourth-order valence-electron chi connectivity index (χ4n) is 1.52. The highest BCUT2D eigenvalue weighted by atomic mass is 35.5. The molecular weight excluding hydrogens is 211 g/mol. The van der Waals surface area contributed by atoms with E-state index in [-0.39, 0.29) is 24.8 Å². The summed E-state index contributed by atoms with van der Waals surface area (Å²) in [5, 5.41) is 3.39. The molecule has 0 aliphatic carbocycles. The van der Waals surface area contributed by atoms with E-state index < -0.39 is 0 Å². The van der Waals surface area contributed by atoms with E-state index >= 15 is 0 Å². The minimum absolute atomic E-state index is 0. The summed E-state index contributed by atoms with van der Waals surface area (Å²) in [4.78, 5) is 2.35. The first-order valence-electron chi connectivity index (χ1n) is 4.21. The zero-order chi connectivity index (χ0) is 8.10. The van der Waals surface area contributed by atoms with Crippen molar-refractivity contribution in [3.05, 3.63) is 0 Å². The van der Waals surface area contributed by atoms with Gasteiger partial charge in [0.15, 0.2) is 0 Å². The molecule has 0 spiro atoms. The highest BCUT2D eigenvalue weighted by molar-refractivity contribution is 5.85. The summed E-state index contributed by atoms with van der Waals surface area (Å²) in [5.74, 6) is 0.660. The van der Waals surface area contributed by atoms with E-state index in [0.29, 0.717) is 5.92 Å². The van der Waals surface area contributed by atoms with Crippen LogP contribution in [-0.2, 0) is 4.74 Å². The van der Waals surface area contributed by atoms with Crippen LogP contribution in [0.2, 0.25) is 0 Å². The largest absolute Gasteiger partial charge is 0.384 e. The van der Waals surface area contributed by atoms with Crippen molar-refractivity contribution in [2.75, 3.05) is 46.9 Å². The Morgan fingerprint density at radius 1 is 1.46 bits per heavy atom. The molecule has 13 heavy (non-hydrogen) atoms. The fraction of sp³-hybridized carbons (Fsp3) is 1.00. The lowest BCUT2D eigenvalue weighted by Gasteiger charge is -2.18. The molecule has 0 aromatic heterocycles. The van der Waals surface area contributed by atoms with E-state index in [4.69, 9.17) is 4.74 Å². The van der Waals surface area contributed by atoms with E-state index in [9.17, 15) is 0 Å². The zero-order valence-corrected chi connectivity index (χ0v) is 9.92. The lowest BCUT2D eigenvalue weighted by atomic mass is 10.1. The Labute approximate surface area is 93.0 Å². The SMILES string of the molecule is COCC1CNCCN(C)C1.Cl.Cl. The maximum absolute atomic E-state index is 5.12. The Balaban J connectivity index is 0. The Hall–Kier alpha value is 0.460. The maximum atomic E-state index is 5.12. The van der Waals surface area contributed by atoms with Crippen LogP contribution in [0.3, 0.4) is 0 Å². The van der Waals surface area contributed by atoms with Crippen LogP contribution in [0, 0.1) is 5.92 Å². The van der Waals surface area contributed by atoms with E-state index in [1.807, 2.05) is 0 Å². The molecule has 0 radical (unpaired) electrons. The Bertz CT molecular complexity index is 116. The van der Waals surface area contributed by atoms with E-state index in [1.165, 1.54) is 0 Å². The van der Waals surface area contributed by atoms with Crippen LogP contribution >= 0.6 is 24.8 Å². The lowest BCUT2D eigenvalue weighted by Crippen LogP contribution is -2.28. The number of methoxy groups -OCH3 is 1. The molecule has 0 bridgehead atoms. The van der Waals surface area contributed by atoms with Crippen molar-refractivity contribution >= 4 is 24.8 Å². The highest BCUT2D eigenvalue weighted by Gasteiger charge is 2.14. The van der Waals surface area contributed by atoms with Crippen molar-refractivity contribution in [3.63, 3.8) is 0 Å². The van der Waals surface area contributed by atoms with Gasteiger partial charge in [-0.25, -0.2) is 0 Å². The highest BCUT2D eigenvalue weighted by Crippen LogP contribution is 2.01. The van der Waals surface area contributed by atoms with Gasteiger partial charge in [-0.05, 0) is 7.05 Å². The number of nitrogens with zero attached hydrogens (tertiary/aromatic N) is 1. The molecule has 1 fully saturated rings. The molecule has 0 amide bonds. The molecule has 0 saturated carbocycles. The predicted octanol–water partition coefficient (Wildman–Crippen LogP) is 0.628. The normalized spacial score (nSPS) is 24.0. The number of halogens is 2. The van der Waals surface area contributed by atoms with Crippen LogP contribution < -0.4 is 5.32 Å². The number of hydrogen-bond donors (Lipinski definition) is 1. The Morgan fingerprint density at radius 2 is 2.15 bits per heavy atom. The van der Waals surface area contributed by atoms with Gasteiger partial charge < -0.3 is 15.0 Å². The number of nitrogens with one attached hydrogen (secondary N) is 1. The molecule has 1 saturated heterocycles. The van der Waals surface area contributed by atoms with Crippen molar-refractivity contribution in [3.8, 4) is 0 Å². The first-order chi connectivity index (χ1) is 5.33. The Kier molecular flexibility index (Phi) is 11.1. The first-order valence-corrected chi connectivity index (χ1v) is 4.21. The summed E-state index contributed by atoms with van der Waals surface area (Å²) >= 11 is 0. The Morgan fingerprint density at radius 3 is 2.77 bits per heavy atom. The molecule has 1 heterocycles. The monoisotopic (exact) mass is 230 g/mol. The zero-order valence-electron chi connectivity index (χ0n) is 8.28. The third-order valence-corrected chi connectivity index (χ3v) is 2.08. The van der Waals surface area contributed by atoms with Crippen LogP contribution in [0.25, 0.3) is 0 Å². The minimum atomic E-state index is 0. The lowest BCUT2D eigenvalue weighted by molar-refractivity contribution is 0.138. The summed E-state index contributed by atoms with van der Waals surface area (Å²) in [5.41, 5.74) is 0. The molecule has 1 N–H and O–H groups in total. The second kappa shape index (κ2) is 9.03. The summed E-state index contributed by atoms with van der Waals surface area (Å²) in [7, 11) is 3.93. The number of hydrogen-bond acceptors (Lipinski definition) is 3. The van der Waals surface area contributed by atoms with Gasteiger partial charge in [0.2, 0.25) is 0 Å². The molecule has 1 atom stereocenters. The average Bonchev–Trinajstić information content (AvgIpc) is 2.15. The summed E-state index contributed by atoms with van der Waals surface area (Å²) in [6, 6.07) is 0. The molecule has 82 valence electrons. The van der Waals surface area contributed by atoms with Crippen molar-refractivity contribution in [2.45, 2.75) is 0 Å². The molecule has 1 aliphatic rings. The smallest absolute Gasteiger partial charge is 0.0514 e. The van der Waals surface area contributed by atoms with E-state index in [1.54, 1.807) is 7.11 Å². The molecule has 1 aliphatic heterocycles. The fourth-order valence-corrected chi connectivity index (χ4v) is 1.52. The van der Waals surface area contributed by atoms with Gasteiger partial charge in [0, 0.05) is 39.2 Å². The van der Waals surface area contributed by atoms with Gasteiger partial charge in [-0.2, -0.15) is 0 Å². The van der Waals surface area contributed by atoms with Gasteiger partial charge in [-0.1, -0.05) is 0 Å². The van der Waals surface area contributed by atoms with Crippen molar-refractivity contribution in [2.24, 2.45) is 5.92 Å². The molecule has 0 aromatic carbocycles. The van der Waals surface area contributed by atoms with Crippen LogP contribution in [0.5, 0.6) is 0 Å². The van der Waals surface area contributed by atoms with Gasteiger partial charge in [0.1, 0.15) is 0 Å². The summed E-state index contributed by atoms with van der Waals surface area (Å²) < 4.78 is 5.12. The van der Waals surface area contributed by atoms with Crippen LogP contribution in [0.15, 0.2) is 0 Å². The topological polar surface area (TPSA) is 24.5 Å². The van der Waals surface area contributed by atoms with Gasteiger partial charge in [-0.3, -0.25) is 0 Å². The standard InChI is InChI=1S/C8H18N2O.2ClH/c1-10-4-3-9-5-8(6-10)7-11-2;;/h8-9H,3-7H2,1-2H3;2*1H. The molecule has 1 rings (SSSR count). The van der Waals surface area contributed by atoms with E-state index in [2.05, 4.69) is 17.3 Å². The summed E-state index contributed by atoms with van der Waals surface area (Å²) in [6.45, 7) is 5.38. The van der Waals surface area contributed by atoms with Crippen molar-refractivity contribution in [1.29, 1.82) is 0 Å². The van der Waals surface area contributed by atoms with Gasteiger partial charge in [-0.15, -0.1) is 24.8 Å². The van der Waals surface area contributed by atoms with Crippen molar-refractivity contribution < 1.29 is 4.74 Å². The molecule has 1 unspecified atom stereocenters. The molecular formula is C8H20Cl2N2O. The maximum Gasteiger partial charge on any atom is 0.0514 e.